The van der Waals surface area contributed by atoms with Gasteiger partial charge < -0.3 is 17.3 Å². The van der Waals surface area contributed by atoms with Crippen LogP contribution >= 0.6 is 0 Å². The summed E-state index contributed by atoms with van der Waals surface area (Å²) in [4.78, 5) is 0. The first-order valence-electron chi connectivity index (χ1n) is 4.63. The molecule has 7 heteroatoms. The number of rotatable bonds is 0. The average Bonchev–Trinajstić information content (AvgIpc) is 2.47. The molecule has 0 aliphatic carbocycles. The molecule has 0 aromatic rings. The second-order valence-corrected chi connectivity index (χ2v) is 3.27. The lowest BCUT2D eigenvalue weighted by molar-refractivity contribution is -0.900. The molecule has 82 valence electrons. The van der Waals surface area contributed by atoms with Gasteiger partial charge in [-0.05, 0) is 12.5 Å². The van der Waals surface area contributed by atoms with Gasteiger partial charge in [-0.2, -0.15) is 5.43 Å². The van der Waals surface area contributed by atoms with E-state index in [1.165, 1.54) is 37.4 Å². The molecule has 2 N–H and O–H groups in total. The van der Waals surface area contributed by atoms with Crippen LogP contribution in [0.4, 0.5) is 17.3 Å². The molecular weight excluding hydrogens is 199 g/mol. The third-order valence-electron chi connectivity index (χ3n) is 2.13. The zero-order valence-electron chi connectivity index (χ0n) is 7.70. The summed E-state index contributed by atoms with van der Waals surface area (Å²) in [5.74, 6) is 0. The zero-order valence-corrected chi connectivity index (χ0v) is 7.70. The minimum Gasteiger partial charge on any atom is -0.418 e. The van der Waals surface area contributed by atoms with Gasteiger partial charge in [0.1, 0.15) is 5.70 Å². The molecule has 0 amide bonds. The van der Waals surface area contributed by atoms with Gasteiger partial charge in [-0.3, -0.25) is 0 Å². The van der Waals surface area contributed by atoms with Gasteiger partial charge in [0.05, 0.1) is 6.54 Å². The van der Waals surface area contributed by atoms with Crippen LogP contribution in [0.3, 0.4) is 0 Å². The van der Waals surface area contributed by atoms with Gasteiger partial charge in [0.25, 0.3) is 0 Å². The summed E-state index contributed by atoms with van der Waals surface area (Å²) in [5.41, 5.74) is 5.03. The fourth-order valence-corrected chi connectivity index (χ4v) is 1.66. The fourth-order valence-electron chi connectivity index (χ4n) is 1.66. The highest BCUT2D eigenvalue weighted by atomic mass is 19.5. The van der Waals surface area contributed by atoms with Crippen molar-refractivity contribution in [1.29, 1.82) is 0 Å². The van der Waals surface area contributed by atoms with Crippen LogP contribution in [0.5, 0.6) is 0 Å². The van der Waals surface area contributed by atoms with Crippen molar-refractivity contribution >= 4 is 7.25 Å². The van der Waals surface area contributed by atoms with Gasteiger partial charge in [-0.1, -0.05) is 0 Å². The quantitative estimate of drug-likeness (QED) is 0.447. The van der Waals surface area contributed by atoms with E-state index in [0.717, 1.165) is 0 Å². The molecule has 0 aromatic carbocycles. The Kier molecular flexibility index (Phi) is 3.94. The Labute approximate surface area is 80.0 Å². The van der Waals surface area contributed by atoms with Crippen molar-refractivity contribution in [2.24, 2.45) is 0 Å². The summed E-state index contributed by atoms with van der Waals surface area (Å²) in [7, 11) is -6.00. The molecule has 1 atom stereocenters. The maximum atomic E-state index is 9.75. The molecule has 2 heterocycles. The van der Waals surface area contributed by atoms with E-state index in [2.05, 4.69) is 11.5 Å². The Morgan fingerprint density at radius 3 is 2.50 bits per heavy atom. The van der Waals surface area contributed by atoms with Crippen LogP contribution in [0.15, 0.2) is 11.8 Å². The van der Waals surface area contributed by atoms with Gasteiger partial charge in [0.2, 0.25) is 0 Å². The third kappa shape index (κ3) is 4.62. The minimum atomic E-state index is -6.00. The Hall–Kier alpha value is -0.555. The number of fused-ring (bicyclic) bond motifs is 1. The van der Waals surface area contributed by atoms with E-state index in [1.807, 2.05) is 0 Å². The Balaban J connectivity index is 0.000000171. The molecule has 0 bridgehead atoms. The standard InChI is InChI=1S/C7H12N2.BF4/c1-3-7-4-2-6-9(7)8-5-1;2-1(3,4)5/h3,8H,1-2,4-6H2;/q;-1/p+1. The van der Waals surface area contributed by atoms with Gasteiger partial charge in [-0.25, -0.2) is 5.01 Å². The summed E-state index contributed by atoms with van der Waals surface area (Å²) < 4.78 is 39.0. The number of nitrogens with one attached hydrogen (secondary N) is 2. The molecule has 2 rings (SSSR count). The van der Waals surface area contributed by atoms with Crippen LogP contribution in [-0.2, 0) is 0 Å². The predicted molar refractivity (Wildman–Crippen MR) is 46.0 cm³/mol. The molecular formula is C7H13BF4N2. The van der Waals surface area contributed by atoms with E-state index in [-0.39, 0.29) is 0 Å². The van der Waals surface area contributed by atoms with Crippen molar-refractivity contribution in [1.82, 2.24) is 5.43 Å². The van der Waals surface area contributed by atoms with E-state index in [0.29, 0.717) is 0 Å². The first-order valence-corrected chi connectivity index (χ1v) is 4.63. The highest BCUT2D eigenvalue weighted by Gasteiger charge is 2.24. The Bertz CT molecular complexity index is 210. The average molecular weight is 212 g/mol. The summed E-state index contributed by atoms with van der Waals surface area (Å²) in [6, 6.07) is 0. The number of hydrogen-bond donors (Lipinski definition) is 2. The highest BCUT2D eigenvalue weighted by Crippen LogP contribution is 2.06. The highest BCUT2D eigenvalue weighted by molar-refractivity contribution is 6.50. The molecule has 1 unspecified atom stereocenters. The molecule has 2 aliphatic rings. The molecule has 1 saturated heterocycles. The van der Waals surface area contributed by atoms with Gasteiger partial charge in [0.15, 0.2) is 0 Å². The SMILES string of the molecule is C1=C2CCC[NH+]2NCC1.F[B-](F)(F)F. The lowest BCUT2D eigenvalue weighted by Crippen LogP contribution is -3.15. The summed E-state index contributed by atoms with van der Waals surface area (Å²) in [6.07, 6.45) is 6.31. The topological polar surface area (TPSA) is 16.5 Å². The smallest absolute Gasteiger partial charge is 0.418 e. The second kappa shape index (κ2) is 4.79. The van der Waals surface area contributed by atoms with E-state index in [1.54, 1.807) is 5.70 Å². The molecule has 0 spiro atoms. The van der Waals surface area contributed by atoms with Crippen molar-refractivity contribution in [2.75, 3.05) is 13.1 Å². The van der Waals surface area contributed by atoms with Crippen molar-refractivity contribution in [3.05, 3.63) is 11.8 Å². The number of hydrogen-bond acceptors (Lipinski definition) is 1. The van der Waals surface area contributed by atoms with Gasteiger partial charge in [0, 0.05) is 19.4 Å². The lowest BCUT2D eigenvalue weighted by atomic mass is 10.2. The number of halogens is 4. The van der Waals surface area contributed by atoms with E-state index in [4.69, 9.17) is 0 Å². The van der Waals surface area contributed by atoms with E-state index < -0.39 is 7.25 Å². The molecule has 14 heavy (non-hydrogen) atoms. The summed E-state index contributed by atoms with van der Waals surface area (Å²) in [6.45, 7) is 2.46. The molecule has 0 aromatic heterocycles. The molecule has 2 aliphatic heterocycles. The van der Waals surface area contributed by atoms with Crippen LogP contribution in [-0.4, -0.2) is 20.3 Å². The summed E-state index contributed by atoms with van der Waals surface area (Å²) in [5, 5.41) is 1.53. The summed E-state index contributed by atoms with van der Waals surface area (Å²) >= 11 is 0. The largest absolute Gasteiger partial charge is 0.673 e. The van der Waals surface area contributed by atoms with Crippen LogP contribution in [0.25, 0.3) is 0 Å². The lowest BCUT2D eigenvalue weighted by Gasteiger charge is -2.17. The Morgan fingerprint density at radius 1 is 1.29 bits per heavy atom. The first kappa shape index (κ1) is 11.5. The molecule has 0 radical (unpaired) electrons. The fraction of sp³-hybridized carbons (Fsp3) is 0.714. The third-order valence-corrected chi connectivity index (χ3v) is 2.13. The van der Waals surface area contributed by atoms with Gasteiger partial charge >= 0.3 is 7.25 Å². The van der Waals surface area contributed by atoms with Crippen molar-refractivity contribution in [3.8, 4) is 0 Å². The zero-order chi connectivity index (χ0) is 10.6. The first-order chi connectivity index (χ1) is 6.47. The van der Waals surface area contributed by atoms with E-state index in [9.17, 15) is 17.3 Å². The van der Waals surface area contributed by atoms with Crippen LogP contribution in [0.1, 0.15) is 19.3 Å². The monoisotopic (exact) mass is 212 g/mol. The second-order valence-electron chi connectivity index (χ2n) is 3.27. The van der Waals surface area contributed by atoms with Crippen molar-refractivity contribution in [2.45, 2.75) is 19.3 Å². The maximum Gasteiger partial charge on any atom is 0.673 e. The van der Waals surface area contributed by atoms with Crippen molar-refractivity contribution < 1.29 is 22.3 Å². The molecule has 0 saturated carbocycles. The predicted octanol–water partition coefficient (Wildman–Crippen LogP) is 0.757. The maximum absolute atomic E-state index is 9.75. The van der Waals surface area contributed by atoms with Crippen molar-refractivity contribution in [3.63, 3.8) is 0 Å². The number of quaternary nitrogens is 1. The molecule has 1 fully saturated rings. The van der Waals surface area contributed by atoms with Crippen LogP contribution in [0, 0.1) is 0 Å². The van der Waals surface area contributed by atoms with Gasteiger partial charge in [-0.15, -0.1) is 0 Å². The van der Waals surface area contributed by atoms with E-state index >= 15 is 0 Å². The Morgan fingerprint density at radius 2 is 1.93 bits per heavy atom. The van der Waals surface area contributed by atoms with Crippen LogP contribution in [0.2, 0.25) is 0 Å². The minimum absolute atomic E-state index is 1.17. The molecule has 2 nitrogen and oxygen atoms in total. The number of allylic oxidation sites excluding steroid dienone is 1. The van der Waals surface area contributed by atoms with Crippen LogP contribution < -0.4 is 10.4 Å². The normalized spacial score (nSPS) is 26.0.